The third-order valence-electron chi connectivity index (χ3n) is 2.95. The largest absolute Gasteiger partial charge is 0.481 e. The Morgan fingerprint density at radius 3 is 2.53 bits per heavy atom. The van der Waals surface area contributed by atoms with Crippen LogP contribution in [0.4, 0.5) is 5.69 Å². The van der Waals surface area contributed by atoms with Gasteiger partial charge in [-0.1, -0.05) is 39.0 Å². The molecule has 0 bridgehead atoms. The fourth-order valence-corrected chi connectivity index (χ4v) is 1.91. The first kappa shape index (κ1) is 15.5. The first-order valence-corrected chi connectivity index (χ1v) is 6.54. The highest BCUT2D eigenvalue weighted by Crippen LogP contribution is 2.29. The van der Waals surface area contributed by atoms with Crippen molar-refractivity contribution < 1.29 is 15.0 Å². The first-order chi connectivity index (χ1) is 8.80. The number of carbonyl (C=O) groups is 1. The SMILES string of the molecule is CC(C)(C)c1ccccc1NCC(O)CCC(=O)O. The maximum Gasteiger partial charge on any atom is 0.303 e. The molecule has 3 N–H and O–H groups in total. The number of anilines is 1. The lowest BCUT2D eigenvalue weighted by molar-refractivity contribution is -0.137. The zero-order valence-corrected chi connectivity index (χ0v) is 11.8. The molecule has 1 unspecified atom stereocenters. The topological polar surface area (TPSA) is 69.6 Å². The Bertz CT molecular complexity index is 424. The summed E-state index contributed by atoms with van der Waals surface area (Å²) in [6, 6.07) is 7.98. The van der Waals surface area contributed by atoms with Crippen molar-refractivity contribution in [3.63, 3.8) is 0 Å². The number of benzene rings is 1. The normalized spacial score (nSPS) is 13.1. The molecule has 4 heteroatoms. The van der Waals surface area contributed by atoms with Gasteiger partial charge in [-0.25, -0.2) is 0 Å². The van der Waals surface area contributed by atoms with E-state index in [1.54, 1.807) is 0 Å². The van der Waals surface area contributed by atoms with Crippen molar-refractivity contribution in [1.82, 2.24) is 0 Å². The molecule has 19 heavy (non-hydrogen) atoms. The van der Waals surface area contributed by atoms with E-state index < -0.39 is 12.1 Å². The Morgan fingerprint density at radius 1 is 1.32 bits per heavy atom. The highest BCUT2D eigenvalue weighted by molar-refractivity contribution is 5.66. The molecule has 0 aromatic heterocycles. The molecule has 1 aromatic carbocycles. The number of aliphatic carboxylic acids is 1. The van der Waals surface area contributed by atoms with Crippen molar-refractivity contribution in [2.45, 2.75) is 45.1 Å². The summed E-state index contributed by atoms with van der Waals surface area (Å²) < 4.78 is 0. The Labute approximate surface area is 114 Å². The van der Waals surface area contributed by atoms with E-state index >= 15 is 0 Å². The number of nitrogens with one attached hydrogen (secondary N) is 1. The van der Waals surface area contributed by atoms with E-state index in [1.165, 1.54) is 5.56 Å². The van der Waals surface area contributed by atoms with Crippen LogP contribution < -0.4 is 5.32 Å². The fourth-order valence-electron chi connectivity index (χ4n) is 1.91. The summed E-state index contributed by atoms with van der Waals surface area (Å²) in [5.41, 5.74) is 2.19. The molecule has 4 nitrogen and oxygen atoms in total. The minimum atomic E-state index is -0.880. The zero-order valence-electron chi connectivity index (χ0n) is 11.8. The number of hydrogen-bond acceptors (Lipinski definition) is 3. The Kier molecular flexibility index (Phi) is 5.36. The van der Waals surface area contributed by atoms with Crippen LogP contribution in [-0.4, -0.2) is 28.8 Å². The summed E-state index contributed by atoms with van der Waals surface area (Å²) in [5.74, 6) is -0.880. The van der Waals surface area contributed by atoms with Crippen molar-refractivity contribution in [2.24, 2.45) is 0 Å². The monoisotopic (exact) mass is 265 g/mol. The highest BCUT2D eigenvalue weighted by atomic mass is 16.4. The molecular weight excluding hydrogens is 242 g/mol. The van der Waals surface area contributed by atoms with Crippen LogP contribution in [0.15, 0.2) is 24.3 Å². The quantitative estimate of drug-likeness (QED) is 0.739. The first-order valence-electron chi connectivity index (χ1n) is 6.54. The van der Waals surface area contributed by atoms with E-state index in [0.717, 1.165) is 5.69 Å². The average Bonchev–Trinajstić information content (AvgIpc) is 2.33. The second-order valence-electron chi connectivity index (χ2n) is 5.76. The molecule has 0 aliphatic rings. The third kappa shape index (κ3) is 5.30. The van der Waals surface area contributed by atoms with Crippen molar-refractivity contribution in [3.8, 4) is 0 Å². The summed E-state index contributed by atoms with van der Waals surface area (Å²) >= 11 is 0. The molecule has 0 spiro atoms. The predicted molar refractivity (Wildman–Crippen MR) is 76.5 cm³/mol. The van der Waals surface area contributed by atoms with Crippen molar-refractivity contribution >= 4 is 11.7 Å². The minimum absolute atomic E-state index is 0.0102. The second kappa shape index (κ2) is 6.57. The number of hydrogen-bond donors (Lipinski definition) is 3. The summed E-state index contributed by atoms with van der Waals surface area (Å²) in [7, 11) is 0. The molecule has 1 rings (SSSR count). The average molecular weight is 265 g/mol. The number of carboxylic acid groups (broad SMARTS) is 1. The van der Waals surface area contributed by atoms with E-state index in [0.29, 0.717) is 6.54 Å². The zero-order chi connectivity index (χ0) is 14.5. The summed E-state index contributed by atoms with van der Waals surface area (Å²) in [4.78, 5) is 10.4. The van der Waals surface area contributed by atoms with Crippen LogP contribution in [0.5, 0.6) is 0 Å². The molecule has 0 aliphatic carbocycles. The highest BCUT2D eigenvalue weighted by Gasteiger charge is 2.17. The van der Waals surface area contributed by atoms with E-state index in [-0.39, 0.29) is 18.3 Å². The number of rotatable bonds is 6. The predicted octanol–water partition coefficient (Wildman–Crippen LogP) is 2.62. The Morgan fingerprint density at radius 2 is 1.95 bits per heavy atom. The van der Waals surface area contributed by atoms with Gasteiger partial charge in [0.2, 0.25) is 0 Å². The van der Waals surface area contributed by atoms with Crippen LogP contribution in [0.1, 0.15) is 39.2 Å². The summed E-state index contributed by atoms with van der Waals surface area (Å²) in [6.07, 6.45) is -0.395. The molecule has 106 valence electrons. The maximum absolute atomic E-state index is 10.4. The van der Waals surface area contributed by atoms with Gasteiger partial charge < -0.3 is 15.5 Å². The van der Waals surface area contributed by atoms with Crippen LogP contribution >= 0.6 is 0 Å². The van der Waals surface area contributed by atoms with E-state index in [4.69, 9.17) is 5.11 Å². The maximum atomic E-state index is 10.4. The van der Waals surface area contributed by atoms with Gasteiger partial charge in [0.25, 0.3) is 0 Å². The van der Waals surface area contributed by atoms with Gasteiger partial charge in [0.05, 0.1) is 6.10 Å². The molecule has 0 heterocycles. The molecule has 1 atom stereocenters. The van der Waals surface area contributed by atoms with Crippen molar-refractivity contribution in [3.05, 3.63) is 29.8 Å². The Hall–Kier alpha value is -1.55. The lowest BCUT2D eigenvalue weighted by Crippen LogP contribution is -2.22. The van der Waals surface area contributed by atoms with E-state index in [1.807, 2.05) is 18.2 Å². The smallest absolute Gasteiger partial charge is 0.303 e. The van der Waals surface area contributed by atoms with E-state index in [9.17, 15) is 9.90 Å². The van der Waals surface area contributed by atoms with E-state index in [2.05, 4.69) is 32.2 Å². The minimum Gasteiger partial charge on any atom is -0.481 e. The number of para-hydroxylation sites is 1. The van der Waals surface area contributed by atoms with Crippen LogP contribution in [-0.2, 0) is 10.2 Å². The van der Waals surface area contributed by atoms with Gasteiger partial charge in [-0.15, -0.1) is 0 Å². The van der Waals surface area contributed by atoms with Gasteiger partial charge in [0, 0.05) is 18.7 Å². The van der Waals surface area contributed by atoms with Gasteiger partial charge in [-0.05, 0) is 23.5 Å². The molecule has 0 saturated carbocycles. The van der Waals surface area contributed by atoms with Crippen LogP contribution in [0, 0.1) is 0 Å². The number of aliphatic hydroxyl groups excluding tert-OH is 1. The van der Waals surface area contributed by atoms with Gasteiger partial charge >= 0.3 is 5.97 Å². The molecule has 0 radical (unpaired) electrons. The van der Waals surface area contributed by atoms with Gasteiger partial charge in [-0.2, -0.15) is 0 Å². The van der Waals surface area contributed by atoms with Crippen LogP contribution in [0.25, 0.3) is 0 Å². The number of aliphatic hydroxyl groups is 1. The summed E-state index contributed by atoms with van der Waals surface area (Å²) in [5, 5.41) is 21.5. The van der Waals surface area contributed by atoms with Gasteiger partial charge in [0.1, 0.15) is 0 Å². The molecule has 0 aliphatic heterocycles. The molecule has 0 fully saturated rings. The molecule has 1 aromatic rings. The standard InChI is InChI=1S/C15H23NO3/c1-15(2,3)12-6-4-5-7-13(12)16-10-11(17)8-9-14(18)19/h4-7,11,16-17H,8-10H2,1-3H3,(H,18,19). The second-order valence-corrected chi connectivity index (χ2v) is 5.76. The lowest BCUT2D eigenvalue weighted by Gasteiger charge is -2.24. The van der Waals surface area contributed by atoms with Crippen LogP contribution in [0.3, 0.4) is 0 Å². The molecule has 0 saturated heterocycles. The van der Waals surface area contributed by atoms with Crippen molar-refractivity contribution in [1.29, 1.82) is 0 Å². The fraction of sp³-hybridized carbons (Fsp3) is 0.533. The molecular formula is C15H23NO3. The lowest BCUT2D eigenvalue weighted by atomic mass is 9.86. The van der Waals surface area contributed by atoms with Gasteiger partial charge in [-0.3, -0.25) is 4.79 Å². The van der Waals surface area contributed by atoms with Crippen molar-refractivity contribution in [2.75, 3.05) is 11.9 Å². The van der Waals surface area contributed by atoms with Crippen LogP contribution in [0.2, 0.25) is 0 Å². The summed E-state index contributed by atoms with van der Waals surface area (Å²) in [6.45, 7) is 6.76. The third-order valence-corrected chi connectivity index (χ3v) is 2.95. The number of carboxylic acids is 1. The van der Waals surface area contributed by atoms with Gasteiger partial charge in [0.15, 0.2) is 0 Å². The Balaban J connectivity index is 2.60. The molecule has 0 amide bonds.